The number of carbonyl (C=O) groups excluding carboxylic acids is 2. The van der Waals surface area contributed by atoms with Crippen LogP contribution in [0.1, 0.15) is 29.9 Å². The Morgan fingerprint density at radius 2 is 1.86 bits per heavy atom. The fourth-order valence-electron chi connectivity index (χ4n) is 3.27. The molecule has 0 aliphatic carbocycles. The Morgan fingerprint density at radius 1 is 1.17 bits per heavy atom. The number of benzene rings is 2. The van der Waals surface area contributed by atoms with Crippen molar-refractivity contribution in [3.05, 3.63) is 58.9 Å². The normalized spacial score (nSPS) is 11.1. The van der Waals surface area contributed by atoms with Crippen LogP contribution in [0.5, 0.6) is 0 Å². The number of nitrogens with zero attached hydrogens (tertiary/aromatic N) is 3. The maximum Gasteiger partial charge on any atom is 0.259 e. The number of carbonyl (C=O) groups is 2. The second kappa shape index (κ2) is 8.66. The van der Waals surface area contributed by atoms with Gasteiger partial charge in [-0.1, -0.05) is 61.8 Å². The minimum Gasteiger partial charge on any atom is -0.332 e. The Hall–Kier alpha value is -2.86. The van der Waals surface area contributed by atoms with Crippen LogP contribution in [0.2, 0.25) is 5.15 Å². The van der Waals surface area contributed by atoms with Crippen LogP contribution in [-0.4, -0.2) is 40.1 Å². The van der Waals surface area contributed by atoms with E-state index in [-0.39, 0.29) is 18.4 Å². The lowest BCUT2D eigenvalue weighted by atomic mass is 10.1. The summed E-state index contributed by atoms with van der Waals surface area (Å²) in [6, 6.07) is 13.5. The molecule has 0 radical (unpaired) electrons. The van der Waals surface area contributed by atoms with E-state index in [0.29, 0.717) is 34.6 Å². The van der Waals surface area contributed by atoms with Crippen LogP contribution in [0.25, 0.3) is 10.8 Å². The molecule has 0 aliphatic heterocycles. The Labute approximate surface area is 175 Å². The molecule has 6 nitrogen and oxygen atoms in total. The lowest BCUT2D eigenvalue weighted by molar-refractivity contribution is -0.116. The van der Waals surface area contributed by atoms with Crippen LogP contribution in [-0.2, 0) is 11.3 Å². The minimum absolute atomic E-state index is 0.0901. The predicted molar refractivity (Wildman–Crippen MR) is 116 cm³/mol. The zero-order chi connectivity index (χ0) is 21.1. The first-order valence-electron chi connectivity index (χ1n) is 9.54. The van der Waals surface area contributed by atoms with Crippen molar-refractivity contribution in [1.29, 1.82) is 0 Å². The molecule has 0 bridgehead atoms. The lowest BCUT2D eigenvalue weighted by Gasteiger charge is -2.17. The highest BCUT2D eigenvalue weighted by atomic mass is 35.5. The molecule has 152 valence electrons. The van der Waals surface area contributed by atoms with Crippen LogP contribution < -0.4 is 5.32 Å². The van der Waals surface area contributed by atoms with Crippen LogP contribution in [0.3, 0.4) is 0 Å². The van der Waals surface area contributed by atoms with E-state index in [1.165, 1.54) is 4.90 Å². The average Bonchev–Trinajstić information content (AvgIpc) is 2.94. The number of nitrogens with one attached hydrogen (secondary N) is 1. The third kappa shape index (κ3) is 4.59. The first-order chi connectivity index (χ1) is 13.8. The van der Waals surface area contributed by atoms with Crippen molar-refractivity contribution >= 4 is 39.9 Å². The molecule has 7 heteroatoms. The molecule has 29 heavy (non-hydrogen) atoms. The summed E-state index contributed by atoms with van der Waals surface area (Å²) in [5.41, 5.74) is 1.61. The van der Waals surface area contributed by atoms with E-state index in [1.54, 1.807) is 18.7 Å². The summed E-state index contributed by atoms with van der Waals surface area (Å²) in [5, 5.41) is 9.56. The van der Waals surface area contributed by atoms with Gasteiger partial charge in [0, 0.05) is 24.7 Å². The topological polar surface area (TPSA) is 67.2 Å². The summed E-state index contributed by atoms with van der Waals surface area (Å²) in [5.74, 6) is -0.255. The number of hydrogen-bond donors (Lipinski definition) is 1. The Morgan fingerprint density at radius 3 is 2.59 bits per heavy atom. The van der Waals surface area contributed by atoms with Gasteiger partial charge in [0.05, 0.1) is 17.8 Å². The highest BCUT2D eigenvalue weighted by Crippen LogP contribution is 2.24. The maximum absolute atomic E-state index is 12.9. The van der Waals surface area contributed by atoms with Gasteiger partial charge in [0.2, 0.25) is 5.91 Å². The quantitative estimate of drug-likeness (QED) is 0.653. The SMILES string of the molecule is Cc1nn(CC(C)C)c(Cl)c1C(=O)N(C)CC(=O)Nc1cccc2ccccc12. The van der Waals surface area contributed by atoms with Gasteiger partial charge in [0.15, 0.2) is 0 Å². The van der Waals surface area contributed by atoms with Gasteiger partial charge in [-0.25, -0.2) is 0 Å². The molecule has 0 unspecified atom stereocenters. The molecule has 3 rings (SSSR count). The van der Waals surface area contributed by atoms with Crippen molar-refractivity contribution < 1.29 is 9.59 Å². The Bertz CT molecular complexity index is 1050. The molecule has 2 aromatic carbocycles. The van der Waals surface area contributed by atoms with Crippen molar-refractivity contribution in [2.75, 3.05) is 18.9 Å². The van der Waals surface area contributed by atoms with Crippen LogP contribution in [0.15, 0.2) is 42.5 Å². The predicted octanol–water partition coefficient (Wildman–Crippen LogP) is 4.36. The van der Waals surface area contributed by atoms with Gasteiger partial charge in [-0.05, 0) is 24.3 Å². The molecule has 0 saturated heterocycles. The van der Waals surface area contributed by atoms with Crippen molar-refractivity contribution in [2.24, 2.45) is 5.92 Å². The Kier molecular flexibility index (Phi) is 6.23. The van der Waals surface area contributed by atoms with Gasteiger partial charge in [-0.3, -0.25) is 14.3 Å². The number of amides is 2. The summed E-state index contributed by atoms with van der Waals surface area (Å²) >= 11 is 6.40. The van der Waals surface area contributed by atoms with E-state index in [2.05, 4.69) is 24.3 Å². The number of halogens is 1. The number of hydrogen-bond acceptors (Lipinski definition) is 3. The average molecular weight is 413 g/mol. The van der Waals surface area contributed by atoms with E-state index in [4.69, 9.17) is 11.6 Å². The molecule has 0 atom stereocenters. The van der Waals surface area contributed by atoms with Gasteiger partial charge in [-0.2, -0.15) is 5.10 Å². The molecule has 0 fully saturated rings. The Balaban J connectivity index is 1.73. The summed E-state index contributed by atoms with van der Waals surface area (Å²) in [7, 11) is 1.58. The molecule has 1 N–H and O–H groups in total. The van der Waals surface area contributed by atoms with Gasteiger partial charge in [0.1, 0.15) is 5.15 Å². The van der Waals surface area contributed by atoms with Crippen molar-refractivity contribution in [1.82, 2.24) is 14.7 Å². The van der Waals surface area contributed by atoms with Gasteiger partial charge in [0.25, 0.3) is 5.91 Å². The summed E-state index contributed by atoms with van der Waals surface area (Å²) in [6.45, 7) is 6.39. The van der Waals surface area contributed by atoms with E-state index in [0.717, 1.165) is 10.8 Å². The molecule has 2 amide bonds. The molecule has 0 saturated carbocycles. The molecular formula is C22H25ClN4O2. The summed E-state index contributed by atoms with van der Waals surface area (Å²) in [4.78, 5) is 26.8. The standard InChI is InChI=1S/C22H25ClN4O2/c1-14(2)12-27-21(23)20(15(3)25-27)22(29)26(4)13-19(28)24-18-11-7-9-16-8-5-6-10-17(16)18/h5-11,14H,12-13H2,1-4H3,(H,24,28). The van der Waals surface area contributed by atoms with Crippen LogP contribution in [0.4, 0.5) is 5.69 Å². The smallest absolute Gasteiger partial charge is 0.259 e. The van der Waals surface area contributed by atoms with Crippen molar-refractivity contribution in [3.8, 4) is 0 Å². The molecule has 0 aliphatic rings. The number of aryl methyl sites for hydroxylation is 1. The summed E-state index contributed by atoms with van der Waals surface area (Å²) in [6.07, 6.45) is 0. The third-order valence-corrected chi connectivity index (χ3v) is 4.99. The monoisotopic (exact) mass is 412 g/mol. The number of likely N-dealkylation sites (N-methyl/N-ethyl adjacent to an activating group) is 1. The second-order valence-corrected chi connectivity index (χ2v) is 7.92. The number of anilines is 1. The minimum atomic E-state index is -0.324. The molecule has 1 heterocycles. The second-order valence-electron chi connectivity index (χ2n) is 7.56. The van der Waals surface area contributed by atoms with E-state index >= 15 is 0 Å². The highest BCUT2D eigenvalue weighted by Gasteiger charge is 2.24. The summed E-state index contributed by atoms with van der Waals surface area (Å²) < 4.78 is 1.64. The largest absolute Gasteiger partial charge is 0.332 e. The zero-order valence-electron chi connectivity index (χ0n) is 17.1. The lowest BCUT2D eigenvalue weighted by Crippen LogP contribution is -2.35. The van der Waals surface area contributed by atoms with E-state index in [1.807, 2.05) is 42.5 Å². The van der Waals surface area contributed by atoms with Crippen LogP contribution >= 0.6 is 11.6 Å². The maximum atomic E-state index is 12.9. The van der Waals surface area contributed by atoms with Gasteiger partial charge in [-0.15, -0.1) is 0 Å². The molecule has 3 aromatic rings. The first kappa shape index (κ1) is 20.9. The number of rotatable bonds is 6. The van der Waals surface area contributed by atoms with E-state index < -0.39 is 0 Å². The van der Waals surface area contributed by atoms with E-state index in [9.17, 15) is 9.59 Å². The van der Waals surface area contributed by atoms with Crippen LogP contribution in [0, 0.1) is 12.8 Å². The molecule has 1 aromatic heterocycles. The number of fused-ring (bicyclic) bond motifs is 1. The van der Waals surface area contributed by atoms with Gasteiger partial charge < -0.3 is 10.2 Å². The van der Waals surface area contributed by atoms with Crippen molar-refractivity contribution in [3.63, 3.8) is 0 Å². The van der Waals surface area contributed by atoms with Crippen molar-refractivity contribution in [2.45, 2.75) is 27.3 Å². The third-order valence-electron chi connectivity index (χ3n) is 4.61. The molecular weight excluding hydrogens is 388 g/mol. The fourth-order valence-corrected chi connectivity index (χ4v) is 3.59. The number of aromatic nitrogens is 2. The van der Waals surface area contributed by atoms with Gasteiger partial charge >= 0.3 is 0 Å². The zero-order valence-corrected chi connectivity index (χ0v) is 17.8. The fraction of sp³-hybridized carbons (Fsp3) is 0.318. The molecule has 0 spiro atoms. The first-order valence-corrected chi connectivity index (χ1v) is 9.91. The highest BCUT2D eigenvalue weighted by molar-refractivity contribution is 6.33.